The highest BCUT2D eigenvalue weighted by Gasteiger charge is 2.31. The van der Waals surface area contributed by atoms with Gasteiger partial charge in [0.05, 0.1) is 16.9 Å². The van der Waals surface area contributed by atoms with Gasteiger partial charge in [-0.2, -0.15) is 13.2 Å². The van der Waals surface area contributed by atoms with E-state index in [2.05, 4.69) is 4.98 Å². The predicted molar refractivity (Wildman–Crippen MR) is 69.8 cm³/mol. The number of hydrogen-bond donors (Lipinski definition) is 2. The van der Waals surface area contributed by atoms with E-state index >= 15 is 0 Å². The Balaban J connectivity index is 2.46. The summed E-state index contributed by atoms with van der Waals surface area (Å²) in [6.45, 7) is 0.883. The highest BCUT2D eigenvalue weighted by molar-refractivity contribution is 5.85. The Hall–Kier alpha value is -2.12. The van der Waals surface area contributed by atoms with Crippen molar-refractivity contribution in [3.05, 3.63) is 22.7 Å². The highest BCUT2D eigenvalue weighted by Crippen LogP contribution is 2.30. The van der Waals surface area contributed by atoms with Gasteiger partial charge in [-0.25, -0.2) is 4.79 Å². The highest BCUT2D eigenvalue weighted by atomic mass is 19.4. The lowest BCUT2D eigenvalue weighted by Gasteiger charge is -2.26. The molecule has 8 heteroatoms. The van der Waals surface area contributed by atoms with E-state index in [9.17, 15) is 18.0 Å². The lowest BCUT2D eigenvalue weighted by Crippen LogP contribution is -2.35. The summed E-state index contributed by atoms with van der Waals surface area (Å²) >= 11 is 0. The van der Waals surface area contributed by atoms with Crippen molar-refractivity contribution < 1.29 is 17.6 Å². The van der Waals surface area contributed by atoms with Crippen LogP contribution >= 0.6 is 0 Å². The average Bonchev–Trinajstić information content (AvgIpc) is 2.65. The standard InChI is InChI=1S/C12H14F3N3O2/c1-2-3-18(6-12(13,14)15)9-5-8-10(4-7(9)16)20-11(19)17-8/h4-5H,2-3,6,16H2,1H3,(H,17,19). The topological polar surface area (TPSA) is 75.3 Å². The zero-order valence-corrected chi connectivity index (χ0v) is 10.8. The number of anilines is 2. The van der Waals surface area contributed by atoms with E-state index < -0.39 is 18.5 Å². The Bertz CT molecular complexity index is 660. The molecular formula is C12H14F3N3O2. The van der Waals surface area contributed by atoms with Crippen LogP contribution in [0.5, 0.6) is 0 Å². The summed E-state index contributed by atoms with van der Waals surface area (Å²) in [5.41, 5.74) is 6.67. The number of halogens is 3. The minimum absolute atomic E-state index is 0.137. The maximum Gasteiger partial charge on any atom is 0.417 e. The number of rotatable bonds is 4. The fourth-order valence-electron chi connectivity index (χ4n) is 2.05. The zero-order valence-electron chi connectivity index (χ0n) is 10.8. The zero-order chi connectivity index (χ0) is 14.9. The lowest BCUT2D eigenvalue weighted by atomic mass is 10.2. The van der Waals surface area contributed by atoms with Crippen LogP contribution in [0.4, 0.5) is 24.5 Å². The molecule has 0 amide bonds. The van der Waals surface area contributed by atoms with Crippen molar-refractivity contribution in [2.75, 3.05) is 23.7 Å². The fraction of sp³-hybridized carbons (Fsp3) is 0.417. The number of aromatic nitrogens is 1. The molecule has 0 unspecified atom stereocenters. The smallest absolute Gasteiger partial charge is 0.408 e. The van der Waals surface area contributed by atoms with Crippen molar-refractivity contribution in [2.24, 2.45) is 0 Å². The number of alkyl halides is 3. The average molecular weight is 289 g/mol. The molecular weight excluding hydrogens is 275 g/mol. The molecule has 1 aromatic carbocycles. The van der Waals surface area contributed by atoms with Crippen molar-refractivity contribution in [1.82, 2.24) is 4.98 Å². The minimum Gasteiger partial charge on any atom is -0.408 e. The third-order valence-corrected chi connectivity index (χ3v) is 2.77. The number of fused-ring (bicyclic) bond motifs is 1. The van der Waals surface area contributed by atoms with E-state index in [0.717, 1.165) is 4.90 Å². The molecule has 20 heavy (non-hydrogen) atoms. The Labute approximate surface area is 112 Å². The number of aromatic amines is 1. The molecule has 2 aromatic rings. The van der Waals surface area contributed by atoms with E-state index in [4.69, 9.17) is 10.2 Å². The number of nitrogens with two attached hydrogens (primary N) is 1. The van der Waals surface area contributed by atoms with Crippen molar-refractivity contribution >= 4 is 22.5 Å². The second-order valence-corrected chi connectivity index (χ2v) is 4.46. The Morgan fingerprint density at radius 2 is 2.10 bits per heavy atom. The number of hydrogen-bond acceptors (Lipinski definition) is 4. The van der Waals surface area contributed by atoms with Gasteiger partial charge in [-0.05, 0) is 12.5 Å². The molecule has 1 heterocycles. The Morgan fingerprint density at radius 1 is 1.40 bits per heavy atom. The largest absolute Gasteiger partial charge is 0.417 e. The van der Waals surface area contributed by atoms with Gasteiger partial charge in [-0.15, -0.1) is 0 Å². The Morgan fingerprint density at radius 3 is 2.70 bits per heavy atom. The summed E-state index contributed by atoms with van der Waals surface area (Å²) in [5, 5.41) is 0. The molecule has 110 valence electrons. The molecule has 1 aromatic heterocycles. The predicted octanol–water partition coefficient (Wildman–Crippen LogP) is 2.48. The number of H-pyrrole nitrogens is 1. The van der Waals surface area contributed by atoms with Gasteiger partial charge in [0.1, 0.15) is 6.54 Å². The van der Waals surface area contributed by atoms with Crippen LogP contribution in [0.15, 0.2) is 21.3 Å². The molecule has 0 saturated heterocycles. The van der Waals surface area contributed by atoms with Crippen LogP contribution in [0.1, 0.15) is 13.3 Å². The normalized spacial score (nSPS) is 12.0. The SMILES string of the molecule is CCCN(CC(F)(F)F)c1cc2[nH]c(=O)oc2cc1N. The van der Waals surface area contributed by atoms with Crippen LogP contribution in [-0.2, 0) is 0 Å². The van der Waals surface area contributed by atoms with E-state index in [-0.39, 0.29) is 23.5 Å². The third kappa shape index (κ3) is 3.06. The molecule has 5 nitrogen and oxygen atoms in total. The molecule has 0 aliphatic heterocycles. The van der Waals surface area contributed by atoms with Crippen LogP contribution < -0.4 is 16.4 Å². The van der Waals surface area contributed by atoms with Crippen LogP contribution in [0.25, 0.3) is 11.1 Å². The molecule has 0 aliphatic rings. The summed E-state index contributed by atoms with van der Waals surface area (Å²) in [4.78, 5) is 14.6. The van der Waals surface area contributed by atoms with Gasteiger partial charge in [0, 0.05) is 12.6 Å². The number of oxazole rings is 1. The molecule has 0 radical (unpaired) electrons. The molecule has 0 spiro atoms. The molecule has 0 fully saturated rings. The monoisotopic (exact) mass is 289 g/mol. The van der Waals surface area contributed by atoms with Crippen LogP contribution in [0.3, 0.4) is 0 Å². The first-order valence-corrected chi connectivity index (χ1v) is 6.04. The maximum absolute atomic E-state index is 12.6. The fourth-order valence-corrected chi connectivity index (χ4v) is 2.05. The Kier molecular flexibility index (Phi) is 3.65. The van der Waals surface area contributed by atoms with E-state index in [1.165, 1.54) is 12.1 Å². The number of nitrogen functional groups attached to an aromatic ring is 1. The van der Waals surface area contributed by atoms with Crippen molar-refractivity contribution in [3.63, 3.8) is 0 Å². The summed E-state index contributed by atoms with van der Waals surface area (Å²) < 4.78 is 42.6. The molecule has 0 bridgehead atoms. The minimum atomic E-state index is -4.33. The lowest BCUT2D eigenvalue weighted by molar-refractivity contribution is -0.119. The van der Waals surface area contributed by atoms with Gasteiger partial charge in [0.25, 0.3) is 0 Å². The van der Waals surface area contributed by atoms with Gasteiger partial charge in [0.2, 0.25) is 0 Å². The summed E-state index contributed by atoms with van der Waals surface area (Å²) in [5.74, 6) is -0.672. The van der Waals surface area contributed by atoms with Gasteiger partial charge in [-0.1, -0.05) is 6.92 Å². The first-order valence-electron chi connectivity index (χ1n) is 6.04. The van der Waals surface area contributed by atoms with E-state index in [0.29, 0.717) is 11.9 Å². The summed E-state index contributed by atoms with van der Waals surface area (Å²) in [6.07, 6.45) is -3.80. The molecule has 3 N–H and O–H groups in total. The summed E-state index contributed by atoms with van der Waals surface area (Å²) in [6, 6.07) is 2.75. The second kappa shape index (κ2) is 5.10. The molecule has 0 aliphatic carbocycles. The van der Waals surface area contributed by atoms with Crippen LogP contribution in [0.2, 0.25) is 0 Å². The first-order chi connectivity index (χ1) is 9.30. The van der Waals surface area contributed by atoms with Crippen molar-refractivity contribution in [1.29, 1.82) is 0 Å². The third-order valence-electron chi connectivity index (χ3n) is 2.77. The molecule has 2 rings (SSSR count). The van der Waals surface area contributed by atoms with Crippen LogP contribution in [0, 0.1) is 0 Å². The number of benzene rings is 1. The maximum atomic E-state index is 12.6. The van der Waals surface area contributed by atoms with E-state index in [1.54, 1.807) is 6.92 Å². The molecule has 0 atom stereocenters. The molecule has 0 saturated carbocycles. The first kappa shape index (κ1) is 14.3. The number of nitrogens with zero attached hydrogens (tertiary/aromatic N) is 1. The van der Waals surface area contributed by atoms with Gasteiger partial charge < -0.3 is 15.1 Å². The van der Waals surface area contributed by atoms with E-state index in [1.807, 2.05) is 0 Å². The summed E-state index contributed by atoms with van der Waals surface area (Å²) in [7, 11) is 0. The van der Waals surface area contributed by atoms with Gasteiger partial charge in [-0.3, -0.25) is 4.98 Å². The van der Waals surface area contributed by atoms with Gasteiger partial charge >= 0.3 is 11.9 Å². The van der Waals surface area contributed by atoms with Crippen LogP contribution in [-0.4, -0.2) is 24.2 Å². The van der Waals surface area contributed by atoms with Gasteiger partial charge in [0.15, 0.2) is 5.58 Å². The quantitative estimate of drug-likeness (QED) is 0.848. The number of nitrogens with one attached hydrogen (secondary N) is 1. The second-order valence-electron chi connectivity index (χ2n) is 4.46. The van der Waals surface area contributed by atoms with Crippen molar-refractivity contribution in [2.45, 2.75) is 19.5 Å². The van der Waals surface area contributed by atoms with Crippen molar-refractivity contribution in [3.8, 4) is 0 Å².